The van der Waals surface area contributed by atoms with Gasteiger partial charge in [0.25, 0.3) is 0 Å². The van der Waals surface area contributed by atoms with E-state index in [-0.39, 0.29) is 0 Å². The molecular formula is C46H33N5. The minimum Gasteiger partial charge on any atom is -0.309 e. The third-order valence-corrected chi connectivity index (χ3v) is 9.51. The van der Waals surface area contributed by atoms with Gasteiger partial charge in [-0.3, -0.25) is 4.99 Å². The van der Waals surface area contributed by atoms with Crippen molar-refractivity contribution >= 4 is 62.0 Å². The molecule has 2 heterocycles. The maximum atomic E-state index is 5.02. The van der Waals surface area contributed by atoms with Gasteiger partial charge in [-0.05, 0) is 66.9 Å². The number of fused-ring (bicyclic) bond motifs is 6. The van der Waals surface area contributed by atoms with E-state index in [1.807, 2.05) is 48.5 Å². The molecule has 0 N–H and O–H groups in total. The highest BCUT2D eigenvalue weighted by molar-refractivity contribution is 6.16. The summed E-state index contributed by atoms with van der Waals surface area (Å²) < 4.78 is 4.72. The summed E-state index contributed by atoms with van der Waals surface area (Å²) in [5.74, 6) is 1.14. The fourth-order valence-corrected chi connectivity index (χ4v) is 7.16. The average molecular weight is 656 g/mol. The number of hydrogen-bond donors (Lipinski definition) is 0. The van der Waals surface area contributed by atoms with E-state index in [9.17, 15) is 0 Å². The van der Waals surface area contributed by atoms with Gasteiger partial charge in [-0.25, -0.2) is 9.98 Å². The predicted octanol–water partition coefficient (Wildman–Crippen LogP) is 11.0. The van der Waals surface area contributed by atoms with E-state index in [2.05, 4.69) is 148 Å². The van der Waals surface area contributed by atoms with Crippen molar-refractivity contribution < 1.29 is 0 Å². The van der Waals surface area contributed by atoms with Crippen LogP contribution in [0.2, 0.25) is 0 Å². The smallest absolute Gasteiger partial charge is 0.161 e. The van der Waals surface area contributed by atoms with Gasteiger partial charge in [0.05, 0.1) is 28.6 Å². The second-order valence-corrected chi connectivity index (χ2v) is 12.6. The molecule has 0 atom stereocenters. The van der Waals surface area contributed by atoms with E-state index in [1.54, 1.807) is 0 Å². The summed E-state index contributed by atoms with van der Waals surface area (Å²) in [5.41, 5.74) is 9.74. The molecule has 9 aromatic rings. The second kappa shape index (κ2) is 12.9. The topological polar surface area (TPSA) is 46.9 Å². The van der Waals surface area contributed by atoms with Crippen LogP contribution in [0.1, 0.15) is 16.7 Å². The third kappa shape index (κ3) is 5.42. The standard InChI is InChI=1S/C46H33N5/c1-47-45(49-46(33-17-7-3-8-18-33)48-31-32-15-5-2-6-16-32)34-25-28-43-40(29-34)38-22-12-14-24-42(38)51(43)36-26-27-39-37-21-11-13-23-41(37)50(44(39)30-36)35-19-9-4-10-20-35/h2-30H,1,31H2/b48-46-,49-45-. The lowest BCUT2D eigenvalue weighted by Gasteiger charge is -2.11. The number of nitrogens with zero attached hydrogens (tertiary/aromatic N) is 5. The van der Waals surface area contributed by atoms with Crippen LogP contribution in [-0.2, 0) is 6.54 Å². The fraction of sp³-hybridized carbons (Fsp3) is 0.0217. The van der Waals surface area contributed by atoms with Crippen LogP contribution in [0.4, 0.5) is 0 Å². The molecule has 0 spiro atoms. The van der Waals surface area contributed by atoms with E-state index in [1.165, 1.54) is 16.3 Å². The molecule has 0 aliphatic carbocycles. The molecule has 7 aromatic carbocycles. The van der Waals surface area contributed by atoms with Gasteiger partial charge in [-0.1, -0.05) is 121 Å². The highest BCUT2D eigenvalue weighted by Crippen LogP contribution is 2.37. The van der Waals surface area contributed by atoms with Crippen LogP contribution in [0.25, 0.3) is 55.0 Å². The van der Waals surface area contributed by atoms with Crippen LogP contribution in [0.3, 0.4) is 0 Å². The lowest BCUT2D eigenvalue weighted by molar-refractivity contribution is 1.06. The largest absolute Gasteiger partial charge is 0.309 e. The number of benzene rings is 7. The van der Waals surface area contributed by atoms with Gasteiger partial charge in [-0.2, -0.15) is 0 Å². The maximum Gasteiger partial charge on any atom is 0.161 e. The van der Waals surface area contributed by atoms with Crippen LogP contribution in [0.5, 0.6) is 0 Å². The van der Waals surface area contributed by atoms with Gasteiger partial charge in [0, 0.05) is 44.0 Å². The summed E-state index contributed by atoms with van der Waals surface area (Å²) in [7, 11) is 0. The minimum absolute atomic E-state index is 0.513. The van der Waals surface area contributed by atoms with Crippen molar-refractivity contribution in [3.8, 4) is 11.4 Å². The second-order valence-electron chi connectivity index (χ2n) is 12.6. The molecule has 0 fully saturated rings. The Morgan fingerprint density at radius 2 is 1.00 bits per heavy atom. The summed E-state index contributed by atoms with van der Waals surface area (Å²) in [6.07, 6.45) is 0. The Kier molecular flexibility index (Phi) is 7.63. The molecule has 5 heteroatoms. The van der Waals surface area contributed by atoms with Gasteiger partial charge in [0.15, 0.2) is 11.7 Å². The number of amidine groups is 2. The molecular weight excluding hydrogens is 623 g/mol. The zero-order valence-corrected chi connectivity index (χ0v) is 27.9. The first-order valence-electron chi connectivity index (χ1n) is 17.1. The van der Waals surface area contributed by atoms with Crippen molar-refractivity contribution in [1.29, 1.82) is 0 Å². The number of hydrogen-bond acceptors (Lipinski definition) is 1. The maximum absolute atomic E-state index is 5.02. The van der Waals surface area contributed by atoms with Crippen molar-refractivity contribution in [3.63, 3.8) is 0 Å². The van der Waals surface area contributed by atoms with Crippen LogP contribution in [-0.4, -0.2) is 27.5 Å². The molecule has 0 aliphatic heterocycles. The van der Waals surface area contributed by atoms with Gasteiger partial charge < -0.3 is 9.13 Å². The highest BCUT2D eigenvalue weighted by atomic mass is 15.0. The van der Waals surface area contributed by atoms with Crippen LogP contribution in [0, 0.1) is 0 Å². The Balaban J connectivity index is 1.20. The van der Waals surface area contributed by atoms with Crippen LogP contribution in [0.15, 0.2) is 191 Å². The van der Waals surface area contributed by atoms with E-state index >= 15 is 0 Å². The monoisotopic (exact) mass is 655 g/mol. The molecule has 51 heavy (non-hydrogen) atoms. The molecule has 0 saturated carbocycles. The molecule has 0 aliphatic rings. The molecule has 5 nitrogen and oxygen atoms in total. The van der Waals surface area contributed by atoms with Crippen molar-refractivity contribution in [2.24, 2.45) is 15.0 Å². The van der Waals surface area contributed by atoms with Crippen molar-refractivity contribution in [2.45, 2.75) is 6.54 Å². The summed E-state index contributed by atoms with van der Waals surface area (Å²) in [4.78, 5) is 14.4. The summed E-state index contributed by atoms with van der Waals surface area (Å²) >= 11 is 0. The number of aliphatic imine (C=N–C) groups is 3. The van der Waals surface area contributed by atoms with E-state index < -0.39 is 0 Å². The van der Waals surface area contributed by atoms with Crippen molar-refractivity contribution in [1.82, 2.24) is 9.13 Å². The fourth-order valence-electron chi connectivity index (χ4n) is 7.16. The first kappa shape index (κ1) is 30.2. The Morgan fingerprint density at radius 3 is 1.71 bits per heavy atom. The molecule has 0 amide bonds. The first-order valence-corrected chi connectivity index (χ1v) is 17.1. The summed E-state index contributed by atoms with van der Waals surface area (Å²) in [5, 5.41) is 4.73. The summed E-state index contributed by atoms with van der Waals surface area (Å²) in [6, 6.07) is 61.3. The molecule has 0 saturated heterocycles. The molecule has 0 unspecified atom stereocenters. The third-order valence-electron chi connectivity index (χ3n) is 9.51. The molecule has 0 bridgehead atoms. The number of aromatic nitrogens is 2. The van der Waals surface area contributed by atoms with Crippen LogP contribution >= 0.6 is 0 Å². The van der Waals surface area contributed by atoms with Gasteiger partial charge in [0.2, 0.25) is 0 Å². The molecule has 242 valence electrons. The van der Waals surface area contributed by atoms with Crippen molar-refractivity contribution in [3.05, 3.63) is 193 Å². The predicted molar refractivity (Wildman–Crippen MR) is 214 cm³/mol. The Bertz CT molecular complexity index is 2770. The Labute approximate surface area is 295 Å². The van der Waals surface area contributed by atoms with Gasteiger partial charge >= 0.3 is 0 Å². The normalized spacial score (nSPS) is 12.3. The van der Waals surface area contributed by atoms with Crippen LogP contribution < -0.4 is 0 Å². The Morgan fingerprint density at radius 1 is 0.431 bits per heavy atom. The van der Waals surface area contributed by atoms with E-state index in [0.29, 0.717) is 18.2 Å². The lowest BCUT2D eigenvalue weighted by atomic mass is 10.1. The summed E-state index contributed by atoms with van der Waals surface area (Å²) in [6.45, 7) is 4.45. The lowest BCUT2D eigenvalue weighted by Crippen LogP contribution is -2.05. The van der Waals surface area contributed by atoms with E-state index in [4.69, 9.17) is 9.98 Å². The quantitative estimate of drug-likeness (QED) is 0.126. The highest BCUT2D eigenvalue weighted by Gasteiger charge is 2.17. The zero-order chi connectivity index (χ0) is 34.1. The van der Waals surface area contributed by atoms with Crippen molar-refractivity contribution in [2.75, 3.05) is 0 Å². The Hall–Kier alpha value is -6.85. The SMILES string of the molecule is C=N/C(=N\C(=N/Cc1ccccc1)c1ccccc1)c1ccc2c(c1)c1ccccc1n2-c1ccc2c3ccccc3n(-c3ccccc3)c2c1. The molecule has 2 aromatic heterocycles. The first-order chi connectivity index (χ1) is 25.3. The molecule has 0 radical (unpaired) electrons. The minimum atomic E-state index is 0.513. The number of para-hydroxylation sites is 3. The van der Waals surface area contributed by atoms with Gasteiger partial charge in [-0.15, -0.1) is 0 Å². The van der Waals surface area contributed by atoms with E-state index in [0.717, 1.165) is 55.4 Å². The average Bonchev–Trinajstić information content (AvgIpc) is 3.71. The number of rotatable bonds is 6. The van der Waals surface area contributed by atoms with Gasteiger partial charge in [0.1, 0.15) is 0 Å². The zero-order valence-electron chi connectivity index (χ0n) is 27.9. The molecule has 9 rings (SSSR count).